The van der Waals surface area contributed by atoms with Crippen LogP contribution in [0, 0.1) is 5.92 Å². The van der Waals surface area contributed by atoms with Gasteiger partial charge < -0.3 is 24.6 Å². The number of nitrogens with zero attached hydrogens (tertiary/aromatic N) is 2. The molecule has 150 valence electrons. The highest BCUT2D eigenvalue weighted by Gasteiger charge is 2.40. The fraction of sp³-hybridized carbons (Fsp3) is 0.600. The number of hydrogen-bond acceptors (Lipinski definition) is 5. The number of likely N-dealkylation sites (tertiary alicyclic amines) is 1. The molecule has 1 aliphatic rings. The van der Waals surface area contributed by atoms with Crippen LogP contribution in [0.25, 0.3) is 0 Å². The standard InChI is InChI=1S/C20H31N3O4/c1-22(2)11-10-21-20(25)17-8-9-18(24)23(12-13-26-3)19(17)15-6-5-7-16(14-15)27-4/h5-7,14,17,19H,8-13H2,1-4H3,(H,21,25)/t17-,19+/m1/s1. The summed E-state index contributed by atoms with van der Waals surface area (Å²) in [5.41, 5.74) is 0.909. The number of benzene rings is 1. The van der Waals surface area contributed by atoms with Crippen LogP contribution in [-0.2, 0) is 14.3 Å². The van der Waals surface area contributed by atoms with Gasteiger partial charge in [0.2, 0.25) is 11.8 Å². The molecule has 0 radical (unpaired) electrons. The molecule has 0 bridgehead atoms. The van der Waals surface area contributed by atoms with Gasteiger partial charge in [-0.15, -0.1) is 0 Å². The monoisotopic (exact) mass is 377 g/mol. The molecule has 0 spiro atoms. The first-order valence-electron chi connectivity index (χ1n) is 9.32. The number of methoxy groups -OCH3 is 2. The molecule has 1 N–H and O–H groups in total. The van der Waals surface area contributed by atoms with Crippen molar-refractivity contribution in [2.75, 3.05) is 54.6 Å². The molecule has 2 atom stereocenters. The number of likely N-dealkylation sites (N-methyl/N-ethyl adjacent to an activating group) is 1. The van der Waals surface area contributed by atoms with Gasteiger partial charge in [-0.3, -0.25) is 9.59 Å². The quantitative estimate of drug-likeness (QED) is 0.702. The molecule has 0 unspecified atom stereocenters. The summed E-state index contributed by atoms with van der Waals surface area (Å²) < 4.78 is 10.5. The lowest BCUT2D eigenvalue weighted by Gasteiger charge is -2.41. The minimum Gasteiger partial charge on any atom is -0.497 e. The van der Waals surface area contributed by atoms with Crippen molar-refractivity contribution in [3.05, 3.63) is 29.8 Å². The van der Waals surface area contributed by atoms with Gasteiger partial charge in [0.15, 0.2) is 0 Å². The molecular formula is C20H31N3O4. The first kappa shape index (κ1) is 21.2. The first-order chi connectivity index (χ1) is 13.0. The summed E-state index contributed by atoms with van der Waals surface area (Å²) in [6, 6.07) is 7.29. The number of ether oxygens (including phenoxy) is 2. The Morgan fingerprint density at radius 3 is 2.78 bits per heavy atom. The highest BCUT2D eigenvalue weighted by atomic mass is 16.5. The Morgan fingerprint density at radius 1 is 1.33 bits per heavy atom. The second kappa shape index (κ2) is 10.3. The fourth-order valence-electron chi connectivity index (χ4n) is 3.45. The number of piperidine rings is 1. The van der Waals surface area contributed by atoms with Crippen LogP contribution in [0.5, 0.6) is 5.75 Å². The molecule has 1 saturated heterocycles. The highest BCUT2D eigenvalue weighted by Crippen LogP contribution is 2.37. The van der Waals surface area contributed by atoms with Gasteiger partial charge >= 0.3 is 0 Å². The summed E-state index contributed by atoms with van der Waals surface area (Å²) in [6.45, 7) is 2.24. The zero-order valence-corrected chi connectivity index (χ0v) is 16.7. The van der Waals surface area contributed by atoms with Gasteiger partial charge in [0.05, 0.1) is 25.7 Å². The van der Waals surface area contributed by atoms with Crippen LogP contribution in [0.15, 0.2) is 24.3 Å². The number of carbonyl (C=O) groups is 2. The summed E-state index contributed by atoms with van der Waals surface area (Å²) in [4.78, 5) is 29.3. The average molecular weight is 377 g/mol. The molecule has 2 rings (SSSR count). The van der Waals surface area contributed by atoms with E-state index in [1.165, 1.54) is 0 Å². The molecule has 0 saturated carbocycles. The highest BCUT2D eigenvalue weighted by molar-refractivity contribution is 5.85. The Hall–Kier alpha value is -2.12. The molecule has 1 aromatic carbocycles. The zero-order chi connectivity index (χ0) is 19.8. The van der Waals surface area contributed by atoms with Crippen LogP contribution in [0.2, 0.25) is 0 Å². The van der Waals surface area contributed by atoms with E-state index >= 15 is 0 Å². The molecule has 0 aliphatic carbocycles. The molecule has 2 amide bonds. The van der Waals surface area contributed by atoms with Crippen molar-refractivity contribution in [3.8, 4) is 5.75 Å². The van der Waals surface area contributed by atoms with Crippen molar-refractivity contribution >= 4 is 11.8 Å². The third-order valence-corrected chi connectivity index (χ3v) is 4.87. The number of hydrogen-bond donors (Lipinski definition) is 1. The Bertz CT molecular complexity index is 635. The second-order valence-corrected chi connectivity index (χ2v) is 7.04. The number of nitrogens with one attached hydrogen (secondary N) is 1. The van der Waals surface area contributed by atoms with Crippen molar-refractivity contribution in [3.63, 3.8) is 0 Å². The maximum absolute atomic E-state index is 12.9. The lowest BCUT2D eigenvalue weighted by Crippen LogP contribution is -2.49. The van der Waals surface area contributed by atoms with E-state index in [0.29, 0.717) is 38.3 Å². The van der Waals surface area contributed by atoms with E-state index < -0.39 is 0 Å². The summed E-state index contributed by atoms with van der Waals surface area (Å²) in [5.74, 6) is 0.453. The predicted molar refractivity (Wildman–Crippen MR) is 104 cm³/mol. The Labute approximate surface area is 161 Å². The summed E-state index contributed by atoms with van der Waals surface area (Å²) in [7, 11) is 7.16. The van der Waals surface area contributed by atoms with Crippen molar-refractivity contribution in [2.45, 2.75) is 18.9 Å². The van der Waals surface area contributed by atoms with Gasteiger partial charge in [-0.05, 0) is 38.2 Å². The topological polar surface area (TPSA) is 71.1 Å². The minimum atomic E-state index is -0.323. The number of amides is 2. The minimum absolute atomic E-state index is 0.0143. The molecule has 27 heavy (non-hydrogen) atoms. The number of carbonyl (C=O) groups excluding carboxylic acids is 2. The van der Waals surface area contributed by atoms with Crippen LogP contribution < -0.4 is 10.1 Å². The van der Waals surface area contributed by atoms with E-state index in [0.717, 1.165) is 12.1 Å². The third-order valence-electron chi connectivity index (χ3n) is 4.87. The van der Waals surface area contributed by atoms with Crippen LogP contribution >= 0.6 is 0 Å². The molecule has 1 heterocycles. The summed E-state index contributed by atoms with van der Waals surface area (Å²) >= 11 is 0. The molecule has 0 aromatic heterocycles. The van der Waals surface area contributed by atoms with E-state index in [1.807, 2.05) is 43.3 Å². The van der Waals surface area contributed by atoms with Crippen molar-refractivity contribution < 1.29 is 19.1 Å². The molecule has 7 heteroatoms. The SMILES string of the molecule is COCCN1C(=O)CC[C@@H](C(=O)NCCN(C)C)[C@@H]1c1cccc(OC)c1. The second-order valence-electron chi connectivity index (χ2n) is 7.04. The van der Waals surface area contributed by atoms with Crippen LogP contribution in [0.3, 0.4) is 0 Å². The molecule has 1 aliphatic heterocycles. The Morgan fingerprint density at radius 2 is 2.11 bits per heavy atom. The van der Waals surface area contributed by atoms with Gasteiger partial charge in [0.25, 0.3) is 0 Å². The van der Waals surface area contributed by atoms with Crippen molar-refractivity contribution in [1.82, 2.24) is 15.1 Å². The predicted octanol–water partition coefficient (Wildman–Crippen LogP) is 1.30. The average Bonchev–Trinajstić information content (AvgIpc) is 2.66. The lowest BCUT2D eigenvalue weighted by atomic mass is 9.83. The van der Waals surface area contributed by atoms with Crippen molar-refractivity contribution in [2.24, 2.45) is 5.92 Å². The van der Waals surface area contributed by atoms with Crippen LogP contribution in [0.1, 0.15) is 24.4 Å². The van der Waals surface area contributed by atoms with Gasteiger partial charge in [0.1, 0.15) is 5.75 Å². The lowest BCUT2D eigenvalue weighted by molar-refractivity contribution is -0.144. The van der Waals surface area contributed by atoms with E-state index in [2.05, 4.69) is 5.32 Å². The fourth-order valence-corrected chi connectivity index (χ4v) is 3.45. The summed E-state index contributed by atoms with van der Waals surface area (Å²) in [6.07, 6.45) is 0.911. The normalized spacial score (nSPS) is 20.0. The van der Waals surface area contributed by atoms with Crippen molar-refractivity contribution in [1.29, 1.82) is 0 Å². The van der Waals surface area contributed by atoms with Gasteiger partial charge in [0, 0.05) is 33.2 Å². The summed E-state index contributed by atoms with van der Waals surface area (Å²) in [5, 5.41) is 3.02. The van der Waals surface area contributed by atoms with Crippen LogP contribution in [-0.4, -0.2) is 76.2 Å². The Balaban J connectivity index is 2.28. The maximum atomic E-state index is 12.9. The van der Waals surface area contributed by atoms with E-state index in [-0.39, 0.29) is 23.8 Å². The van der Waals surface area contributed by atoms with E-state index in [1.54, 1.807) is 19.1 Å². The first-order valence-corrected chi connectivity index (χ1v) is 9.32. The van der Waals surface area contributed by atoms with E-state index in [4.69, 9.17) is 9.47 Å². The van der Waals surface area contributed by atoms with E-state index in [9.17, 15) is 9.59 Å². The third kappa shape index (κ3) is 5.68. The maximum Gasteiger partial charge on any atom is 0.225 e. The molecular weight excluding hydrogens is 346 g/mol. The van der Waals surface area contributed by atoms with Gasteiger partial charge in [-0.25, -0.2) is 0 Å². The Kier molecular flexibility index (Phi) is 8.06. The molecule has 1 fully saturated rings. The van der Waals surface area contributed by atoms with Gasteiger partial charge in [-0.1, -0.05) is 12.1 Å². The smallest absolute Gasteiger partial charge is 0.225 e. The van der Waals surface area contributed by atoms with Gasteiger partial charge in [-0.2, -0.15) is 0 Å². The number of rotatable bonds is 9. The molecule has 1 aromatic rings. The molecule has 7 nitrogen and oxygen atoms in total. The zero-order valence-electron chi connectivity index (χ0n) is 16.7. The largest absolute Gasteiger partial charge is 0.497 e. The van der Waals surface area contributed by atoms with Crippen LogP contribution in [0.4, 0.5) is 0 Å².